The van der Waals surface area contributed by atoms with Gasteiger partial charge in [-0.1, -0.05) is 6.92 Å². The highest BCUT2D eigenvalue weighted by molar-refractivity contribution is 5.84. The van der Waals surface area contributed by atoms with Crippen LogP contribution in [0.15, 0.2) is 0 Å². The summed E-state index contributed by atoms with van der Waals surface area (Å²) in [6.07, 6.45) is -3.69. The van der Waals surface area contributed by atoms with Gasteiger partial charge in [0.2, 0.25) is 5.91 Å². The molecule has 0 saturated carbocycles. The molecule has 1 amide bonds. The van der Waals surface area contributed by atoms with Gasteiger partial charge in [0.15, 0.2) is 0 Å². The number of likely N-dealkylation sites (tertiary alicyclic amines) is 1. The van der Waals surface area contributed by atoms with Crippen LogP contribution in [0, 0.1) is 0 Å². The first-order valence-electron chi connectivity index (χ1n) is 5.90. The number of Topliss-reactive ketones (excluding diaryl/α,β-unsaturated/α-hetero) is 1. The monoisotopic (exact) mass is 266 g/mol. The number of nitrogens with zero attached hydrogens (tertiary/aromatic N) is 2. The maximum atomic E-state index is 12.2. The minimum atomic E-state index is -4.30. The van der Waals surface area contributed by atoms with E-state index >= 15 is 0 Å². The number of hydrogen-bond acceptors (Lipinski definition) is 3. The fourth-order valence-electron chi connectivity index (χ4n) is 1.83. The number of rotatable bonds is 4. The van der Waals surface area contributed by atoms with Crippen LogP contribution in [0.1, 0.15) is 19.8 Å². The Balaban J connectivity index is 2.44. The van der Waals surface area contributed by atoms with Crippen LogP contribution in [0.25, 0.3) is 0 Å². The van der Waals surface area contributed by atoms with Crippen LogP contribution in [0.4, 0.5) is 13.2 Å². The molecule has 0 aromatic carbocycles. The van der Waals surface area contributed by atoms with Crippen molar-refractivity contribution >= 4 is 11.7 Å². The molecule has 0 aliphatic carbocycles. The van der Waals surface area contributed by atoms with Crippen molar-refractivity contribution in [2.75, 3.05) is 32.7 Å². The molecule has 104 valence electrons. The average molecular weight is 266 g/mol. The fourth-order valence-corrected chi connectivity index (χ4v) is 1.83. The van der Waals surface area contributed by atoms with Crippen LogP contribution in [-0.4, -0.2) is 60.4 Å². The lowest BCUT2D eigenvalue weighted by molar-refractivity contribution is -0.151. The van der Waals surface area contributed by atoms with Crippen LogP contribution in [-0.2, 0) is 9.59 Å². The first-order chi connectivity index (χ1) is 8.31. The number of hydrogen-bond donors (Lipinski definition) is 0. The second kappa shape index (κ2) is 6.17. The molecule has 4 nitrogen and oxygen atoms in total. The van der Waals surface area contributed by atoms with Gasteiger partial charge in [-0.2, -0.15) is 13.2 Å². The van der Waals surface area contributed by atoms with Crippen LogP contribution in [0.2, 0.25) is 0 Å². The number of ketones is 1. The molecule has 1 aliphatic heterocycles. The second-order valence-electron chi connectivity index (χ2n) is 4.34. The van der Waals surface area contributed by atoms with Gasteiger partial charge in [0.1, 0.15) is 5.78 Å². The SMILES string of the molecule is CCN(CC(=O)N1CCC(=O)CC1)CC(F)(F)F. The molecular weight excluding hydrogens is 249 g/mol. The summed E-state index contributed by atoms with van der Waals surface area (Å²) >= 11 is 0. The molecule has 0 N–H and O–H groups in total. The van der Waals surface area contributed by atoms with E-state index < -0.39 is 12.7 Å². The summed E-state index contributed by atoms with van der Waals surface area (Å²) < 4.78 is 36.7. The molecule has 0 bridgehead atoms. The van der Waals surface area contributed by atoms with Gasteiger partial charge < -0.3 is 4.90 Å². The van der Waals surface area contributed by atoms with E-state index in [4.69, 9.17) is 0 Å². The first kappa shape index (κ1) is 14.9. The van der Waals surface area contributed by atoms with E-state index in [9.17, 15) is 22.8 Å². The number of amides is 1. The van der Waals surface area contributed by atoms with Gasteiger partial charge in [0, 0.05) is 25.9 Å². The Morgan fingerprint density at radius 1 is 1.33 bits per heavy atom. The molecule has 18 heavy (non-hydrogen) atoms. The normalized spacial score (nSPS) is 17.4. The average Bonchev–Trinajstić information content (AvgIpc) is 2.27. The minimum absolute atomic E-state index is 0.0988. The topological polar surface area (TPSA) is 40.6 Å². The molecule has 1 heterocycles. The van der Waals surface area contributed by atoms with Gasteiger partial charge in [-0.3, -0.25) is 14.5 Å². The van der Waals surface area contributed by atoms with Crippen molar-refractivity contribution in [3.8, 4) is 0 Å². The Hall–Kier alpha value is -1.11. The lowest BCUT2D eigenvalue weighted by Crippen LogP contribution is -2.46. The number of piperidine rings is 1. The van der Waals surface area contributed by atoms with Gasteiger partial charge in [-0.05, 0) is 6.54 Å². The molecule has 1 rings (SSSR count). The predicted molar refractivity (Wildman–Crippen MR) is 59.0 cm³/mol. The Labute approximate surface area is 104 Å². The largest absolute Gasteiger partial charge is 0.401 e. The van der Waals surface area contributed by atoms with Crippen molar-refractivity contribution in [1.82, 2.24) is 9.80 Å². The Bertz CT molecular complexity index is 308. The number of carbonyl (C=O) groups is 2. The molecule has 1 saturated heterocycles. The van der Waals surface area contributed by atoms with Crippen molar-refractivity contribution in [3.63, 3.8) is 0 Å². The van der Waals surface area contributed by atoms with Crippen LogP contribution in [0.5, 0.6) is 0 Å². The molecule has 7 heteroatoms. The number of carbonyl (C=O) groups excluding carboxylic acids is 2. The van der Waals surface area contributed by atoms with Crippen LogP contribution < -0.4 is 0 Å². The van der Waals surface area contributed by atoms with Crippen molar-refractivity contribution in [2.45, 2.75) is 25.9 Å². The van der Waals surface area contributed by atoms with E-state index in [1.165, 1.54) is 4.90 Å². The van der Waals surface area contributed by atoms with E-state index in [1.54, 1.807) is 6.92 Å². The zero-order valence-electron chi connectivity index (χ0n) is 10.3. The Morgan fingerprint density at radius 2 is 1.89 bits per heavy atom. The fraction of sp³-hybridized carbons (Fsp3) is 0.818. The molecule has 0 aromatic heterocycles. The number of halogens is 3. The van der Waals surface area contributed by atoms with Crippen molar-refractivity contribution in [3.05, 3.63) is 0 Å². The number of likely N-dealkylation sites (N-methyl/N-ethyl adjacent to an activating group) is 1. The van der Waals surface area contributed by atoms with Gasteiger partial charge in [-0.25, -0.2) is 0 Å². The molecule has 0 atom stereocenters. The standard InChI is InChI=1S/C11H17F3N2O2/c1-2-15(8-11(12,13)14)7-10(18)16-5-3-9(17)4-6-16/h2-8H2,1H3. The first-order valence-corrected chi connectivity index (χ1v) is 5.90. The minimum Gasteiger partial charge on any atom is -0.341 e. The third-order valence-electron chi connectivity index (χ3n) is 2.88. The lowest BCUT2D eigenvalue weighted by atomic mass is 10.1. The number of alkyl halides is 3. The summed E-state index contributed by atoms with van der Waals surface area (Å²) in [6.45, 7) is 1.06. The maximum Gasteiger partial charge on any atom is 0.401 e. The van der Waals surface area contributed by atoms with E-state index in [0.717, 1.165) is 4.90 Å². The smallest absolute Gasteiger partial charge is 0.341 e. The highest BCUT2D eigenvalue weighted by atomic mass is 19.4. The van der Waals surface area contributed by atoms with Crippen molar-refractivity contribution < 1.29 is 22.8 Å². The van der Waals surface area contributed by atoms with E-state index in [-0.39, 0.29) is 24.8 Å². The molecule has 0 radical (unpaired) electrons. The van der Waals surface area contributed by atoms with Gasteiger partial charge in [0.25, 0.3) is 0 Å². The highest BCUT2D eigenvalue weighted by Crippen LogP contribution is 2.16. The van der Waals surface area contributed by atoms with E-state index in [1.807, 2.05) is 0 Å². The summed E-state index contributed by atoms with van der Waals surface area (Å²) in [4.78, 5) is 25.3. The summed E-state index contributed by atoms with van der Waals surface area (Å²) in [5, 5.41) is 0. The molecule has 0 aromatic rings. The van der Waals surface area contributed by atoms with Crippen LogP contribution in [0.3, 0.4) is 0 Å². The Kier molecular flexibility index (Phi) is 5.13. The predicted octanol–water partition coefficient (Wildman–Crippen LogP) is 1.06. The lowest BCUT2D eigenvalue weighted by Gasteiger charge is -2.29. The summed E-state index contributed by atoms with van der Waals surface area (Å²) in [7, 11) is 0. The zero-order chi connectivity index (χ0) is 13.8. The van der Waals surface area contributed by atoms with Gasteiger partial charge >= 0.3 is 6.18 Å². The quantitative estimate of drug-likeness (QED) is 0.764. The zero-order valence-corrected chi connectivity index (χ0v) is 10.3. The second-order valence-corrected chi connectivity index (χ2v) is 4.34. The molecule has 1 aliphatic rings. The van der Waals surface area contributed by atoms with Crippen molar-refractivity contribution in [2.24, 2.45) is 0 Å². The molecule has 0 spiro atoms. The third kappa shape index (κ3) is 5.03. The summed E-state index contributed by atoms with van der Waals surface area (Å²) in [5.74, 6) is -0.240. The Morgan fingerprint density at radius 3 is 2.33 bits per heavy atom. The maximum absolute atomic E-state index is 12.2. The molecule has 1 fully saturated rings. The summed E-state index contributed by atoms with van der Waals surface area (Å²) in [6, 6.07) is 0. The highest BCUT2D eigenvalue weighted by Gasteiger charge is 2.31. The van der Waals surface area contributed by atoms with Crippen LogP contribution >= 0.6 is 0 Å². The molecule has 0 unspecified atom stereocenters. The van der Waals surface area contributed by atoms with E-state index in [2.05, 4.69) is 0 Å². The van der Waals surface area contributed by atoms with E-state index in [0.29, 0.717) is 25.9 Å². The summed E-state index contributed by atoms with van der Waals surface area (Å²) in [5.41, 5.74) is 0. The van der Waals surface area contributed by atoms with Crippen molar-refractivity contribution in [1.29, 1.82) is 0 Å². The van der Waals surface area contributed by atoms with Gasteiger partial charge in [0.05, 0.1) is 13.1 Å². The third-order valence-corrected chi connectivity index (χ3v) is 2.88. The molecular formula is C11H17F3N2O2. The van der Waals surface area contributed by atoms with Gasteiger partial charge in [-0.15, -0.1) is 0 Å².